The summed E-state index contributed by atoms with van der Waals surface area (Å²) in [6.07, 6.45) is -2.63. The molecule has 3 rings (SSSR count). The summed E-state index contributed by atoms with van der Waals surface area (Å²) >= 11 is 3.38. The highest BCUT2D eigenvalue weighted by atomic mass is 79.9. The molecule has 0 fully saturated rings. The molecule has 1 aromatic heterocycles. The number of alkyl halides is 3. The summed E-state index contributed by atoms with van der Waals surface area (Å²) < 4.78 is 44.1. The maximum atomic E-state index is 12.2. The number of rotatable bonds is 8. The molecule has 158 valence electrons. The van der Waals surface area contributed by atoms with Gasteiger partial charge in [0.15, 0.2) is 6.61 Å². The highest BCUT2D eigenvalue weighted by Crippen LogP contribution is 2.19. The number of hydrogen-bond acceptors (Lipinski definition) is 4. The first-order chi connectivity index (χ1) is 14.3. The van der Waals surface area contributed by atoms with Gasteiger partial charge in [0, 0.05) is 23.3 Å². The van der Waals surface area contributed by atoms with Crippen molar-refractivity contribution in [2.24, 2.45) is 0 Å². The van der Waals surface area contributed by atoms with Crippen LogP contribution in [0.25, 0.3) is 5.69 Å². The second kappa shape index (κ2) is 9.66. The SMILES string of the molecule is O=C(CNc1ccn(-c2ccc(Br)cc2)n1)NCc1cccc(OCC(F)(F)F)c1. The van der Waals surface area contributed by atoms with Crippen molar-refractivity contribution in [3.05, 3.63) is 70.8 Å². The number of ether oxygens (including phenoxy) is 1. The van der Waals surface area contributed by atoms with Crippen LogP contribution in [0.5, 0.6) is 5.75 Å². The Labute approximate surface area is 179 Å². The summed E-state index contributed by atoms with van der Waals surface area (Å²) in [4.78, 5) is 12.1. The zero-order valence-corrected chi connectivity index (χ0v) is 17.2. The summed E-state index contributed by atoms with van der Waals surface area (Å²) in [7, 11) is 0. The van der Waals surface area contributed by atoms with Crippen molar-refractivity contribution in [2.75, 3.05) is 18.5 Å². The van der Waals surface area contributed by atoms with E-state index in [2.05, 4.69) is 31.7 Å². The lowest BCUT2D eigenvalue weighted by Gasteiger charge is -2.11. The summed E-state index contributed by atoms with van der Waals surface area (Å²) in [5, 5.41) is 9.98. The lowest BCUT2D eigenvalue weighted by atomic mass is 10.2. The lowest BCUT2D eigenvalue weighted by Crippen LogP contribution is -2.29. The fourth-order valence-electron chi connectivity index (χ4n) is 2.50. The second-order valence-corrected chi connectivity index (χ2v) is 7.22. The van der Waals surface area contributed by atoms with Gasteiger partial charge in [0.25, 0.3) is 0 Å². The smallest absolute Gasteiger partial charge is 0.422 e. The van der Waals surface area contributed by atoms with Gasteiger partial charge in [-0.05, 0) is 42.0 Å². The minimum absolute atomic E-state index is 0.00160. The van der Waals surface area contributed by atoms with Crippen LogP contribution in [0, 0.1) is 0 Å². The van der Waals surface area contributed by atoms with E-state index < -0.39 is 12.8 Å². The van der Waals surface area contributed by atoms with Gasteiger partial charge in [-0.2, -0.15) is 18.3 Å². The number of amides is 1. The summed E-state index contributed by atoms with van der Waals surface area (Å²) in [5.74, 6) is 0.348. The number of nitrogens with one attached hydrogen (secondary N) is 2. The molecule has 0 aliphatic heterocycles. The van der Waals surface area contributed by atoms with Crippen LogP contribution in [-0.4, -0.2) is 35.0 Å². The number of aromatic nitrogens is 2. The van der Waals surface area contributed by atoms with Gasteiger partial charge in [-0.25, -0.2) is 4.68 Å². The summed E-state index contributed by atoms with van der Waals surface area (Å²) in [6, 6.07) is 15.5. The quantitative estimate of drug-likeness (QED) is 0.502. The second-order valence-electron chi connectivity index (χ2n) is 6.30. The molecule has 0 atom stereocenters. The van der Waals surface area contributed by atoms with Crippen molar-refractivity contribution >= 4 is 27.7 Å². The highest BCUT2D eigenvalue weighted by Gasteiger charge is 2.28. The van der Waals surface area contributed by atoms with Crippen LogP contribution < -0.4 is 15.4 Å². The fraction of sp³-hybridized carbons (Fsp3) is 0.200. The number of anilines is 1. The van der Waals surface area contributed by atoms with E-state index in [1.807, 2.05) is 24.3 Å². The molecule has 10 heteroatoms. The predicted octanol–water partition coefficient (Wildman–Crippen LogP) is 4.30. The average Bonchev–Trinajstić information content (AvgIpc) is 3.19. The van der Waals surface area contributed by atoms with E-state index in [0.29, 0.717) is 11.4 Å². The lowest BCUT2D eigenvalue weighted by molar-refractivity contribution is -0.153. The molecule has 30 heavy (non-hydrogen) atoms. The van der Waals surface area contributed by atoms with Gasteiger partial charge in [0.1, 0.15) is 11.6 Å². The van der Waals surface area contributed by atoms with Gasteiger partial charge in [0.2, 0.25) is 5.91 Å². The third-order valence-corrected chi connectivity index (χ3v) is 4.43. The Balaban J connectivity index is 1.46. The molecule has 1 amide bonds. The predicted molar refractivity (Wildman–Crippen MR) is 110 cm³/mol. The molecule has 2 N–H and O–H groups in total. The Bertz CT molecular complexity index is 990. The summed E-state index contributed by atoms with van der Waals surface area (Å²) in [6.45, 7) is -1.20. The molecule has 0 spiro atoms. The van der Waals surface area contributed by atoms with E-state index in [1.54, 1.807) is 29.1 Å². The molecule has 0 aliphatic rings. The van der Waals surface area contributed by atoms with Crippen molar-refractivity contribution in [1.82, 2.24) is 15.1 Å². The van der Waals surface area contributed by atoms with E-state index in [9.17, 15) is 18.0 Å². The molecule has 0 unspecified atom stereocenters. The number of halogens is 4. The first-order valence-corrected chi connectivity index (χ1v) is 9.68. The summed E-state index contributed by atoms with van der Waals surface area (Å²) in [5.41, 5.74) is 1.51. The van der Waals surface area contributed by atoms with Gasteiger partial charge in [-0.1, -0.05) is 28.1 Å². The normalized spacial score (nSPS) is 11.2. The van der Waals surface area contributed by atoms with Crippen LogP contribution in [0.4, 0.5) is 19.0 Å². The number of nitrogens with zero attached hydrogens (tertiary/aromatic N) is 2. The standard InChI is InChI=1S/C20H18BrF3N4O2/c21-15-4-6-16(7-5-15)28-9-8-18(27-28)25-12-19(29)26-11-14-2-1-3-17(10-14)30-13-20(22,23)24/h1-10H,11-13H2,(H,25,27)(H,26,29). The Kier molecular flexibility index (Phi) is 6.99. The van der Waals surface area contributed by atoms with Crippen LogP contribution in [0.2, 0.25) is 0 Å². The van der Waals surface area contributed by atoms with Gasteiger partial charge < -0.3 is 15.4 Å². The van der Waals surface area contributed by atoms with Gasteiger partial charge >= 0.3 is 6.18 Å². The molecule has 1 heterocycles. The first kappa shape index (κ1) is 21.7. The zero-order chi connectivity index (χ0) is 21.6. The van der Waals surface area contributed by atoms with Gasteiger partial charge in [-0.3, -0.25) is 4.79 Å². The van der Waals surface area contributed by atoms with Crippen molar-refractivity contribution < 1.29 is 22.7 Å². The highest BCUT2D eigenvalue weighted by molar-refractivity contribution is 9.10. The van der Waals surface area contributed by atoms with Crippen LogP contribution in [-0.2, 0) is 11.3 Å². The Morgan fingerprint density at radius 2 is 1.90 bits per heavy atom. The molecule has 3 aromatic rings. The van der Waals surface area contributed by atoms with Crippen molar-refractivity contribution in [2.45, 2.75) is 12.7 Å². The fourth-order valence-corrected chi connectivity index (χ4v) is 2.76. The number of hydrogen-bond donors (Lipinski definition) is 2. The topological polar surface area (TPSA) is 68.2 Å². The van der Waals surface area contributed by atoms with Crippen LogP contribution in [0.3, 0.4) is 0 Å². The molecule has 0 saturated heterocycles. The number of carbonyl (C=O) groups is 1. The zero-order valence-electron chi connectivity index (χ0n) is 15.6. The molecule has 6 nitrogen and oxygen atoms in total. The minimum Gasteiger partial charge on any atom is -0.484 e. The van der Waals surface area contributed by atoms with E-state index in [4.69, 9.17) is 4.74 Å². The maximum absolute atomic E-state index is 12.2. The largest absolute Gasteiger partial charge is 0.484 e. The third-order valence-electron chi connectivity index (χ3n) is 3.90. The minimum atomic E-state index is -4.40. The van der Waals surface area contributed by atoms with Crippen molar-refractivity contribution in [3.8, 4) is 11.4 Å². The van der Waals surface area contributed by atoms with Crippen LogP contribution in [0.1, 0.15) is 5.56 Å². The van der Waals surface area contributed by atoms with Crippen LogP contribution >= 0.6 is 15.9 Å². The molecule has 0 saturated carbocycles. The van der Waals surface area contributed by atoms with Crippen molar-refractivity contribution in [1.29, 1.82) is 0 Å². The van der Waals surface area contributed by atoms with E-state index in [0.717, 1.165) is 10.2 Å². The molecule has 0 radical (unpaired) electrons. The molecular weight excluding hydrogens is 465 g/mol. The van der Waals surface area contributed by atoms with Crippen molar-refractivity contribution in [3.63, 3.8) is 0 Å². The Morgan fingerprint density at radius 3 is 2.63 bits per heavy atom. The molecule has 0 aliphatic carbocycles. The Hall–Kier alpha value is -3.01. The average molecular weight is 483 g/mol. The van der Waals surface area contributed by atoms with Gasteiger partial charge in [0.05, 0.1) is 12.2 Å². The first-order valence-electron chi connectivity index (χ1n) is 8.89. The number of benzene rings is 2. The van der Waals surface area contributed by atoms with Crippen LogP contribution in [0.15, 0.2) is 65.3 Å². The van der Waals surface area contributed by atoms with E-state index in [1.165, 1.54) is 12.1 Å². The molecule has 0 bridgehead atoms. The third kappa shape index (κ3) is 6.80. The maximum Gasteiger partial charge on any atom is 0.422 e. The molecular formula is C20H18BrF3N4O2. The Morgan fingerprint density at radius 1 is 1.13 bits per heavy atom. The van der Waals surface area contributed by atoms with E-state index >= 15 is 0 Å². The monoisotopic (exact) mass is 482 g/mol. The number of carbonyl (C=O) groups excluding carboxylic acids is 1. The van der Waals surface area contributed by atoms with Gasteiger partial charge in [-0.15, -0.1) is 0 Å². The molecule has 2 aromatic carbocycles. The van der Waals surface area contributed by atoms with E-state index in [-0.39, 0.29) is 24.7 Å².